The molecule has 1 amide bonds. The van der Waals surface area contributed by atoms with E-state index in [1.54, 1.807) is 43.3 Å². The summed E-state index contributed by atoms with van der Waals surface area (Å²) < 4.78 is 30.1. The standard InChI is InChI=1S/C19H17F2N3O3/c1-12(13-6-8-14(9-7-13)27-19(20)21)23-18(26)11-24-16-5-3-2-4-15(16)17(25)10-22-24/h2-10,12,19H,11H2,1H3,(H,23,26). The maximum Gasteiger partial charge on any atom is 0.387 e. The highest BCUT2D eigenvalue weighted by Crippen LogP contribution is 2.19. The molecule has 3 rings (SSSR count). The number of ether oxygens (including phenoxy) is 1. The summed E-state index contributed by atoms with van der Waals surface area (Å²) in [4.78, 5) is 24.2. The quantitative estimate of drug-likeness (QED) is 0.721. The third kappa shape index (κ3) is 4.46. The van der Waals surface area contributed by atoms with Crippen molar-refractivity contribution >= 4 is 16.8 Å². The second-order valence-electron chi connectivity index (χ2n) is 5.92. The maximum atomic E-state index is 12.4. The lowest BCUT2D eigenvalue weighted by Gasteiger charge is -2.16. The minimum atomic E-state index is -2.88. The Bertz CT molecular complexity index is 1000. The third-order valence-corrected chi connectivity index (χ3v) is 4.04. The number of carbonyl (C=O) groups excluding carboxylic acids is 1. The molecule has 0 fully saturated rings. The van der Waals surface area contributed by atoms with Gasteiger partial charge in [-0.25, -0.2) is 0 Å². The molecule has 0 aliphatic rings. The first-order valence-electron chi connectivity index (χ1n) is 8.23. The minimum absolute atomic E-state index is 0.0520. The molecule has 1 aromatic heterocycles. The zero-order valence-electron chi connectivity index (χ0n) is 14.4. The summed E-state index contributed by atoms with van der Waals surface area (Å²) in [5.41, 5.74) is 1.10. The van der Waals surface area contributed by atoms with Crippen LogP contribution in [0, 0.1) is 0 Å². The monoisotopic (exact) mass is 373 g/mol. The molecule has 27 heavy (non-hydrogen) atoms. The predicted molar refractivity (Wildman–Crippen MR) is 95.6 cm³/mol. The smallest absolute Gasteiger partial charge is 0.387 e. The Morgan fingerprint density at radius 1 is 1.19 bits per heavy atom. The fourth-order valence-electron chi connectivity index (χ4n) is 2.73. The first-order chi connectivity index (χ1) is 12.9. The summed E-state index contributed by atoms with van der Waals surface area (Å²) in [6.07, 6.45) is 1.18. The third-order valence-electron chi connectivity index (χ3n) is 4.04. The van der Waals surface area contributed by atoms with Crippen LogP contribution in [-0.4, -0.2) is 22.3 Å². The van der Waals surface area contributed by atoms with Crippen LogP contribution in [0.3, 0.4) is 0 Å². The molecule has 0 aliphatic heterocycles. The van der Waals surface area contributed by atoms with E-state index >= 15 is 0 Å². The molecule has 1 unspecified atom stereocenters. The molecule has 1 heterocycles. The first kappa shape index (κ1) is 18.5. The molecule has 0 bridgehead atoms. The number of hydrogen-bond acceptors (Lipinski definition) is 4. The van der Waals surface area contributed by atoms with Crippen LogP contribution < -0.4 is 15.5 Å². The lowest BCUT2D eigenvalue weighted by atomic mass is 10.1. The highest BCUT2D eigenvalue weighted by molar-refractivity contribution is 5.81. The molecular weight excluding hydrogens is 356 g/mol. The zero-order chi connectivity index (χ0) is 19.4. The number of alkyl halides is 2. The van der Waals surface area contributed by atoms with Gasteiger partial charge in [-0.3, -0.25) is 14.3 Å². The van der Waals surface area contributed by atoms with Crippen molar-refractivity contribution in [2.75, 3.05) is 0 Å². The number of rotatable bonds is 6. The Morgan fingerprint density at radius 2 is 1.89 bits per heavy atom. The molecule has 0 aliphatic carbocycles. The van der Waals surface area contributed by atoms with E-state index in [4.69, 9.17) is 0 Å². The molecule has 3 aromatic rings. The maximum absolute atomic E-state index is 12.4. The fraction of sp³-hybridized carbons (Fsp3) is 0.211. The van der Waals surface area contributed by atoms with Crippen LogP contribution in [-0.2, 0) is 11.3 Å². The predicted octanol–water partition coefficient (Wildman–Crippen LogP) is 2.88. The van der Waals surface area contributed by atoms with Crippen molar-refractivity contribution in [3.05, 3.63) is 70.5 Å². The van der Waals surface area contributed by atoms with E-state index in [-0.39, 0.29) is 29.7 Å². The van der Waals surface area contributed by atoms with Crippen molar-refractivity contribution in [1.29, 1.82) is 0 Å². The molecule has 0 spiro atoms. The van der Waals surface area contributed by atoms with Crippen LogP contribution in [0.2, 0.25) is 0 Å². The Morgan fingerprint density at radius 3 is 2.59 bits per heavy atom. The van der Waals surface area contributed by atoms with Crippen molar-refractivity contribution < 1.29 is 18.3 Å². The lowest BCUT2D eigenvalue weighted by Crippen LogP contribution is -2.31. The van der Waals surface area contributed by atoms with Gasteiger partial charge in [0.1, 0.15) is 12.3 Å². The van der Waals surface area contributed by atoms with E-state index in [1.807, 2.05) is 0 Å². The van der Waals surface area contributed by atoms with E-state index < -0.39 is 6.61 Å². The number of halogens is 2. The van der Waals surface area contributed by atoms with Gasteiger partial charge in [0.2, 0.25) is 11.3 Å². The summed E-state index contributed by atoms with van der Waals surface area (Å²) in [7, 11) is 0. The molecule has 2 aromatic carbocycles. The highest BCUT2D eigenvalue weighted by Gasteiger charge is 2.13. The molecular formula is C19H17F2N3O3. The van der Waals surface area contributed by atoms with Crippen LogP contribution in [0.5, 0.6) is 5.75 Å². The SMILES string of the molecule is CC(NC(=O)Cn1ncc(=O)c2ccccc21)c1ccc(OC(F)F)cc1. The zero-order valence-corrected chi connectivity index (χ0v) is 14.4. The van der Waals surface area contributed by atoms with Gasteiger partial charge in [0.05, 0.1) is 17.8 Å². The summed E-state index contributed by atoms with van der Waals surface area (Å²) in [6.45, 7) is -1.16. The van der Waals surface area contributed by atoms with Gasteiger partial charge in [-0.15, -0.1) is 0 Å². The molecule has 0 saturated carbocycles. The van der Waals surface area contributed by atoms with Crippen molar-refractivity contribution in [2.24, 2.45) is 0 Å². The number of fused-ring (bicyclic) bond motifs is 1. The van der Waals surface area contributed by atoms with Gasteiger partial charge in [-0.05, 0) is 36.8 Å². The lowest BCUT2D eigenvalue weighted by molar-refractivity contribution is -0.122. The van der Waals surface area contributed by atoms with E-state index in [0.29, 0.717) is 10.9 Å². The minimum Gasteiger partial charge on any atom is -0.435 e. The molecule has 0 saturated heterocycles. The molecule has 1 atom stereocenters. The Kier molecular flexibility index (Phi) is 5.44. The van der Waals surface area contributed by atoms with E-state index in [2.05, 4.69) is 15.2 Å². The summed E-state index contributed by atoms with van der Waals surface area (Å²) in [5.74, 6) is -0.243. The van der Waals surface area contributed by atoms with Gasteiger partial charge in [-0.1, -0.05) is 24.3 Å². The van der Waals surface area contributed by atoms with E-state index in [9.17, 15) is 18.4 Å². The average molecular weight is 373 g/mol. The van der Waals surface area contributed by atoms with Gasteiger partial charge < -0.3 is 10.1 Å². The highest BCUT2D eigenvalue weighted by atomic mass is 19.3. The average Bonchev–Trinajstić information content (AvgIpc) is 2.64. The van der Waals surface area contributed by atoms with E-state index in [1.165, 1.54) is 23.0 Å². The summed E-state index contributed by atoms with van der Waals surface area (Å²) in [5, 5.41) is 7.33. The molecule has 1 N–H and O–H groups in total. The van der Waals surface area contributed by atoms with Crippen LogP contribution in [0.25, 0.3) is 10.9 Å². The van der Waals surface area contributed by atoms with Gasteiger partial charge in [0, 0.05) is 5.39 Å². The molecule has 6 nitrogen and oxygen atoms in total. The number of benzene rings is 2. The van der Waals surface area contributed by atoms with Crippen LogP contribution >= 0.6 is 0 Å². The normalized spacial score (nSPS) is 12.1. The number of nitrogens with zero attached hydrogens (tertiary/aromatic N) is 2. The number of para-hydroxylation sites is 1. The van der Waals surface area contributed by atoms with Crippen molar-refractivity contribution in [3.8, 4) is 5.75 Å². The second-order valence-corrected chi connectivity index (χ2v) is 5.92. The molecule has 8 heteroatoms. The largest absolute Gasteiger partial charge is 0.435 e. The van der Waals surface area contributed by atoms with E-state index in [0.717, 1.165) is 5.56 Å². The van der Waals surface area contributed by atoms with Gasteiger partial charge in [0.15, 0.2) is 0 Å². The molecule has 140 valence electrons. The van der Waals surface area contributed by atoms with Crippen molar-refractivity contribution in [2.45, 2.75) is 26.1 Å². The van der Waals surface area contributed by atoms with Crippen LogP contribution in [0.15, 0.2) is 59.5 Å². The topological polar surface area (TPSA) is 73.2 Å². The number of aromatic nitrogens is 2. The van der Waals surface area contributed by atoms with Crippen LogP contribution in [0.1, 0.15) is 18.5 Å². The fourth-order valence-corrected chi connectivity index (χ4v) is 2.73. The summed E-state index contributed by atoms with van der Waals surface area (Å²) in [6, 6.07) is 12.6. The molecule has 0 radical (unpaired) electrons. The van der Waals surface area contributed by atoms with Gasteiger partial charge in [-0.2, -0.15) is 13.9 Å². The summed E-state index contributed by atoms with van der Waals surface area (Å²) >= 11 is 0. The van der Waals surface area contributed by atoms with Crippen molar-refractivity contribution in [3.63, 3.8) is 0 Å². The Hall–Kier alpha value is -3.29. The number of carbonyl (C=O) groups is 1. The first-order valence-corrected chi connectivity index (χ1v) is 8.23. The number of amides is 1. The Balaban J connectivity index is 1.69. The number of nitrogens with one attached hydrogen (secondary N) is 1. The van der Waals surface area contributed by atoms with Gasteiger partial charge in [0.25, 0.3) is 0 Å². The number of hydrogen-bond donors (Lipinski definition) is 1. The van der Waals surface area contributed by atoms with Crippen molar-refractivity contribution in [1.82, 2.24) is 15.1 Å². The second kappa shape index (κ2) is 7.94. The van der Waals surface area contributed by atoms with Gasteiger partial charge >= 0.3 is 6.61 Å². The van der Waals surface area contributed by atoms with Crippen LogP contribution in [0.4, 0.5) is 8.78 Å². The Labute approximate surface area is 153 Å².